The Bertz CT molecular complexity index is 393. The molecule has 0 spiro atoms. The topological polar surface area (TPSA) is 26.3 Å². The predicted octanol–water partition coefficient (Wildman–Crippen LogP) is 4.49. The van der Waals surface area contributed by atoms with Crippen LogP contribution in [0, 0.1) is 17.6 Å². The van der Waals surface area contributed by atoms with Gasteiger partial charge in [0.15, 0.2) is 5.82 Å². The third-order valence-corrected chi connectivity index (χ3v) is 1.67. The van der Waals surface area contributed by atoms with Crippen molar-refractivity contribution in [1.29, 1.82) is 0 Å². The van der Waals surface area contributed by atoms with E-state index >= 15 is 0 Å². The lowest BCUT2D eigenvalue weighted by molar-refractivity contribution is 0.0595. The van der Waals surface area contributed by atoms with Gasteiger partial charge in [-0.2, -0.15) is 0 Å². The molecule has 2 nitrogen and oxygen atoms in total. The van der Waals surface area contributed by atoms with Gasteiger partial charge in [0.05, 0.1) is 17.7 Å². The second-order valence-electron chi connectivity index (χ2n) is 3.97. The van der Waals surface area contributed by atoms with Gasteiger partial charge in [-0.15, -0.1) is 12.4 Å². The lowest BCUT2D eigenvalue weighted by Gasteiger charge is -2.02. The van der Waals surface area contributed by atoms with Crippen LogP contribution in [0.1, 0.15) is 31.1 Å². The van der Waals surface area contributed by atoms with Gasteiger partial charge < -0.3 is 4.74 Å². The normalized spacial score (nSPS) is 9.11. The van der Waals surface area contributed by atoms with Crippen molar-refractivity contribution in [2.75, 3.05) is 7.11 Å². The molecule has 0 unspecified atom stereocenters. The second kappa shape index (κ2) is 9.11. The van der Waals surface area contributed by atoms with Crippen LogP contribution in [0.5, 0.6) is 0 Å². The van der Waals surface area contributed by atoms with Crippen LogP contribution in [0.15, 0.2) is 12.1 Å². The smallest absolute Gasteiger partial charge is 0.341 e. The quantitative estimate of drug-likeness (QED) is 0.564. The van der Waals surface area contributed by atoms with E-state index in [0.717, 1.165) is 25.2 Å². The summed E-state index contributed by atoms with van der Waals surface area (Å²) in [7, 11) is 1.07. The van der Waals surface area contributed by atoms with E-state index in [0.29, 0.717) is 0 Å². The molecule has 0 aliphatic rings. The van der Waals surface area contributed by atoms with E-state index in [1.54, 1.807) is 0 Å². The fraction of sp³-hybridized carbons (Fsp3) is 0.417. The van der Waals surface area contributed by atoms with Gasteiger partial charge in [0.1, 0.15) is 5.82 Å². The number of ether oxygens (including phenoxy) is 1. The molecule has 0 amide bonds. The first-order valence-electron chi connectivity index (χ1n) is 5.02. The first-order valence-corrected chi connectivity index (χ1v) is 5.40. The minimum atomic E-state index is -0.977. The van der Waals surface area contributed by atoms with Crippen LogP contribution < -0.4 is 0 Å². The maximum atomic E-state index is 13.0. The Morgan fingerprint density at radius 3 is 2.11 bits per heavy atom. The van der Waals surface area contributed by atoms with E-state index < -0.39 is 28.2 Å². The molecule has 6 heteroatoms. The number of halogens is 4. The van der Waals surface area contributed by atoms with Crippen molar-refractivity contribution in [3.05, 3.63) is 34.4 Å². The monoisotopic (exact) mass is 300 g/mol. The number of carbonyl (C=O) groups is 1. The second-order valence-corrected chi connectivity index (χ2v) is 4.38. The average molecular weight is 301 g/mol. The van der Waals surface area contributed by atoms with Crippen molar-refractivity contribution >= 4 is 30.0 Å². The van der Waals surface area contributed by atoms with Crippen molar-refractivity contribution < 1.29 is 18.3 Å². The van der Waals surface area contributed by atoms with Gasteiger partial charge in [0, 0.05) is 0 Å². The van der Waals surface area contributed by atoms with Crippen LogP contribution in [0.3, 0.4) is 0 Å². The highest BCUT2D eigenvalue weighted by Crippen LogP contribution is 2.20. The van der Waals surface area contributed by atoms with Gasteiger partial charge in [0.2, 0.25) is 0 Å². The van der Waals surface area contributed by atoms with Gasteiger partial charge in [-0.3, -0.25) is 0 Å². The van der Waals surface area contributed by atoms with E-state index in [9.17, 15) is 13.6 Å². The number of hydrogen-bond donors (Lipinski definition) is 0. The summed E-state index contributed by atoms with van der Waals surface area (Å²) in [6.07, 6.45) is 0. The van der Waals surface area contributed by atoms with Crippen molar-refractivity contribution in [1.82, 2.24) is 0 Å². The molecule has 0 aromatic heterocycles. The molecule has 0 saturated carbocycles. The first kappa shape index (κ1) is 19.5. The molecule has 1 rings (SSSR count). The molecule has 0 radical (unpaired) electrons. The maximum absolute atomic E-state index is 13.0. The molecular weight excluding hydrogens is 285 g/mol. The van der Waals surface area contributed by atoms with Crippen LogP contribution in [0.2, 0.25) is 5.02 Å². The van der Waals surface area contributed by atoms with Gasteiger partial charge in [-0.1, -0.05) is 32.4 Å². The van der Waals surface area contributed by atoms with E-state index in [1.165, 1.54) is 0 Å². The first-order chi connectivity index (χ1) is 7.79. The lowest BCUT2D eigenvalue weighted by Crippen LogP contribution is -2.05. The molecule has 0 atom stereocenters. The number of benzene rings is 1. The highest BCUT2D eigenvalue weighted by atomic mass is 35.5. The van der Waals surface area contributed by atoms with Crippen LogP contribution in [0.4, 0.5) is 8.78 Å². The fourth-order valence-electron chi connectivity index (χ4n) is 0.814. The molecule has 1 aromatic rings. The third kappa shape index (κ3) is 6.77. The number of hydrogen-bond acceptors (Lipinski definition) is 2. The van der Waals surface area contributed by atoms with E-state index in [2.05, 4.69) is 25.5 Å². The maximum Gasteiger partial charge on any atom is 0.341 e. The van der Waals surface area contributed by atoms with Gasteiger partial charge in [0.25, 0.3) is 0 Å². The molecule has 0 N–H and O–H groups in total. The molecule has 0 saturated heterocycles. The van der Waals surface area contributed by atoms with E-state index in [1.807, 2.05) is 0 Å². The summed E-state index contributed by atoms with van der Waals surface area (Å²) in [4.78, 5) is 10.9. The van der Waals surface area contributed by atoms with Gasteiger partial charge in [-0.25, -0.2) is 13.6 Å². The minimum absolute atomic E-state index is 0. The Morgan fingerprint density at radius 2 is 1.72 bits per heavy atom. The van der Waals surface area contributed by atoms with E-state index in [-0.39, 0.29) is 12.4 Å². The van der Waals surface area contributed by atoms with Crippen molar-refractivity contribution in [2.24, 2.45) is 5.92 Å². The molecule has 0 bridgehead atoms. The predicted molar refractivity (Wildman–Crippen MR) is 70.5 cm³/mol. The van der Waals surface area contributed by atoms with Gasteiger partial charge >= 0.3 is 5.97 Å². The minimum Gasteiger partial charge on any atom is -0.465 e. The molecule has 0 aliphatic carbocycles. The summed E-state index contributed by atoms with van der Waals surface area (Å²) in [5, 5.41) is -0.444. The Balaban J connectivity index is 0. The number of methoxy groups -OCH3 is 1. The zero-order valence-electron chi connectivity index (χ0n) is 10.6. The summed E-state index contributed by atoms with van der Waals surface area (Å²) in [5.74, 6) is -1.89. The van der Waals surface area contributed by atoms with Crippen molar-refractivity contribution in [3.63, 3.8) is 0 Å². The average Bonchev–Trinajstić information content (AvgIpc) is 2.21. The zero-order valence-corrected chi connectivity index (χ0v) is 12.2. The summed E-state index contributed by atoms with van der Waals surface area (Å²) in [5.41, 5.74) is -0.507. The largest absolute Gasteiger partial charge is 0.465 e. The van der Waals surface area contributed by atoms with Crippen molar-refractivity contribution in [3.8, 4) is 0 Å². The summed E-state index contributed by atoms with van der Waals surface area (Å²) >= 11 is 5.30. The highest BCUT2D eigenvalue weighted by molar-refractivity contribution is 6.31. The standard InChI is InChI=1S/C8H5ClF2O2.C4H10.ClH/c1-13-8(12)5-2-4(10)3-6(9)7(5)11;1-4(2)3;/h2-3H,1H3;4H,1-3H3;1H. The van der Waals surface area contributed by atoms with E-state index in [4.69, 9.17) is 11.6 Å². The third-order valence-electron chi connectivity index (χ3n) is 1.40. The Kier molecular flexibility index (Phi) is 9.86. The Hall–Kier alpha value is -0.870. The summed E-state index contributed by atoms with van der Waals surface area (Å²) < 4.78 is 29.9. The lowest BCUT2D eigenvalue weighted by atomic mass is 10.2. The zero-order chi connectivity index (χ0) is 13.6. The molecule has 0 aliphatic heterocycles. The Labute approximate surface area is 117 Å². The number of rotatable bonds is 1. The molecule has 104 valence electrons. The van der Waals surface area contributed by atoms with Crippen LogP contribution in [-0.2, 0) is 4.74 Å². The number of carbonyl (C=O) groups excluding carboxylic acids is 1. The Morgan fingerprint density at radius 1 is 1.28 bits per heavy atom. The van der Waals surface area contributed by atoms with Crippen molar-refractivity contribution in [2.45, 2.75) is 20.8 Å². The molecule has 0 heterocycles. The molecular formula is C12H16Cl2F2O2. The summed E-state index contributed by atoms with van der Waals surface area (Å²) in [6, 6.07) is 1.51. The SMILES string of the molecule is CC(C)C.COC(=O)c1cc(F)cc(Cl)c1F.Cl. The highest BCUT2D eigenvalue weighted by Gasteiger charge is 2.16. The fourth-order valence-corrected chi connectivity index (χ4v) is 1.02. The van der Waals surface area contributed by atoms with Crippen LogP contribution in [-0.4, -0.2) is 13.1 Å². The molecule has 0 fully saturated rings. The molecule has 18 heavy (non-hydrogen) atoms. The summed E-state index contributed by atoms with van der Waals surface area (Å²) in [6.45, 7) is 6.50. The van der Waals surface area contributed by atoms with Gasteiger partial charge in [-0.05, 0) is 18.1 Å². The molecule has 1 aromatic carbocycles. The van der Waals surface area contributed by atoms with Crippen LogP contribution >= 0.6 is 24.0 Å². The van der Waals surface area contributed by atoms with Crippen LogP contribution in [0.25, 0.3) is 0 Å². The number of esters is 1.